The standard InChI is InChI=1S/C22H20O4/c1-2-20(22(24)26-16-14-19-11-7-4-8-12-19)17-21(23)25-15-13-18-9-5-3-6-10-18/h2-16H,17H2,1H3. The number of carbonyl (C=O) groups excluding carboxylic acids is 2. The van der Waals surface area contributed by atoms with Crippen LogP contribution in [-0.2, 0) is 19.1 Å². The predicted octanol–water partition coefficient (Wildman–Crippen LogP) is 4.75. The van der Waals surface area contributed by atoms with Crippen molar-refractivity contribution in [1.82, 2.24) is 0 Å². The molecule has 0 fully saturated rings. The molecule has 26 heavy (non-hydrogen) atoms. The molecule has 132 valence electrons. The Bertz CT molecular complexity index is 803. The van der Waals surface area contributed by atoms with Gasteiger partial charge in [0.1, 0.15) is 0 Å². The number of ether oxygens (including phenoxy) is 2. The summed E-state index contributed by atoms with van der Waals surface area (Å²) in [6.45, 7) is 1.67. The van der Waals surface area contributed by atoms with Crippen LogP contribution in [0.25, 0.3) is 12.2 Å². The number of esters is 2. The summed E-state index contributed by atoms with van der Waals surface area (Å²) in [7, 11) is 0. The summed E-state index contributed by atoms with van der Waals surface area (Å²) in [6.07, 6.45) is 7.35. The van der Waals surface area contributed by atoms with E-state index in [1.54, 1.807) is 25.2 Å². The first-order chi connectivity index (χ1) is 12.7. The number of benzene rings is 2. The van der Waals surface area contributed by atoms with Gasteiger partial charge in [0.25, 0.3) is 0 Å². The molecule has 0 atom stereocenters. The van der Waals surface area contributed by atoms with Gasteiger partial charge in [-0.25, -0.2) is 4.79 Å². The average molecular weight is 348 g/mol. The van der Waals surface area contributed by atoms with Crippen LogP contribution in [0, 0.1) is 0 Å². The van der Waals surface area contributed by atoms with E-state index >= 15 is 0 Å². The number of rotatable bonds is 7. The lowest BCUT2D eigenvalue weighted by atomic mass is 10.2. The van der Waals surface area contributed by atoms with E-state index < -0.39 is 11.9 Å². The molecule has 2 rings (SSSR count). The number of allylic oxidation sites excluding steroid dienone is 1. The molecule has 0 heterocycles. The van der Waals surface area contributed by atoms with E-state index in [-0.39, 0.29) is 12.0 Å². The third kappa shape index (κ3) is 6.61. The maximum Gasteiger partial charge on any atom is 0.339 e. The second-order valence-electron chi connectivity index (χ2n) is 5.31. The van der Waals surface area contributed by atoms with E-state index in [9.17, 15) is 9.59 Å². The fourth-order valence-corrected chi connectivity index (χ4v) is 2.06. The van der Waals surface area contributed by atoms with E-state index in [2.05, 4.69) is 0 Å². The second kappa shape index (κ2) is 10.5. The van der Waals surface area contributed by atoms with Crippen molar-refractivity contribution >= 4 is 24.1 Å². The van der Waals surface area contributed by atoms with Gasteiger partial charge in [-0.3, -0.25) is 4.79 Å². The molecule has 0 spiro atoms. The lowest BCUT2D eigenvalue weighted by Gasteiger charge is -2.04. The Balaban J connectivity index is 1.82. The highest BCUT2D eigenvalue weighted by molar-refractivity contribution is 5.94. The zero-order valence-corrected chi connectivity index (χ0v) is 14.5. The highest BCUT2D eigenvalue weighted by Crippen LogP contribution is 2.09. The van der Waals surface area contributed by atoms with E-state index in [1.807, 2.05) is 60.7 Å². The predicted molar refractivity (Wildman–Crippen MR) is 102 cm³/mol. The molecule has 0 aliphatic carbocycles. The van der Waals surface area contributed by atoms with E-state index in [0.717, 1.165) is 11.1 Å². The first-order valence-corrected chi connectivity index (χ1v) is 8.18. The van der Waals surface area contributed by atoms with E-state index in [4.69, 9.17) is 9.47 Å². The van der Waals surface area contributed by atoms with Crippen LogP contribution < -0.4 is 0 Å². The summed E-state index contributed by atoms with van der Waals surface area (Å²) in [4.78, 5) is 23.9. The Labute approximate surface area is 153 Å². The van der Waals surface area contributed by atoms with E-state index in [1.165, 1.54) is 12.5 Å². The lowest BCUT2D eigenvalue weighted by Crippen LogP contribution is -2.10. The molecule has 0 amide bonds. The first-order valence-electron chi connectivity index (χ1n) is 8.18. The first kappa shape index (κ1) is 18.9. The fraction of sp³-hybridized carbons (Fsp3) is 0.0909. The number of hydrogen-bond acceptors (Lipinski definition) is 4. The van der Waals surface area contributed by atoms with Crippen molar-refractivity contribution in [3.05, 3.63) is 96.0 Å². The molecule has 0 unspecified atom stereocenters. The van der Waals surface area contributed by atoms with Gasteiger partial charge >= 0.3 is 11.9 Å². The summed E-state index contributed by atoms with van der Waals surface area (Å²) in [6, 6.07) is 18.9. The summed E-state index contributed by atoms with van der Waals surface area (Å²) in [5.74, 6) is -1.11. The topological polar surface area (TPSA) is 52.6 Å². The second-order valence-corrected chi connectivity index (χ2v) is 5.31. The molecule has 0 aliphatic heterocycles. The smallest absolute Gasteiger partial charge is 0.339 e. The zero-order chi connectivity index (χ0) is 18.6. The van der Waals surface area contributed by atoms with Crippen LogP contribution in [0.2, 0.25) is 0 Å². The Morgan fingerprint density at radius 3 is 1.81 bits per heavy atom. The van der Waals surface area contributed by atoms with Crippen LogP contribution in [-0.4, -0.2) is 11.9 Å². The Morgan fingerprint density at radius 1 is 0.808 bits per heavy atom. The Hall–Kier alpha value is -3.40. The van der Waals surface area contributed by atoms with Gasteiger partial charge in [0, 0.05) is 5.57 Å². The van der Waals surface area contributed by atoms with Crippen molar-refractivity contribution in [1.29, 1.82) is 0 Å². The Kier molecular flexibility index (Phi) is 7.62. The highest BCUT2D eigenvalue weighted by Gasteiger charge is 2.14. The maximum absolute atomic E-state index is 12.0. The fourth-order valence-electron chi connectivity index (χ4n) is 2.06. The third-order valence-corrected chi connectivity index (χ3v) is 3.44. The van der Waals surface area contributed by atoms with Crippen LogP contribution >= 0.6 is 0 Å². The minimum atomic E-state index is -0.580. The molecule has 2 aromatic carbocycles. The van der Waals surface area contributed by atoms with Gasteiger partial charge in [-0.1, -0.05) is 66.7 Å². The van der Waals surface area contributed by atoms with Crippen LogP contribution in [0.3, 0.4) is 0 Å². The molecule has 0 radical (unpaired) electrons. The van der Waals surface area contributed by atoms with Crippen molar-refractivity contribution in [2.75, 3.05) is 0 Å². The summed E-state index contributed by atoms with van der Waals surface area (Å²) < 4.78 is 10.1. The quantitative estimate of drug-likeness (QED) is 0.412. The van der Waals surface area contributed by atoms with Crippen LogP contribution in [0.4, 0.5) is 0 Å². The molecular weight excluding hydrogens is 328 g/mol. The van der Waals surface area contributed by atoms with Crippen LogP contribution in [0.1, 0.15) is 24.5 Å². The molecule has 2 aromatic rings. The molecular formula is C22H20O4. The summed E-state index contributed by atoms with van der Waals surface area (Å²) in [5.41, 5.74) is 2.06. The van der Waals surface area contributed by atoms with Crippen molar-refractivity contribution in [3.8, 4) is 0 Å². The van der Waals surface area contributed by atoms with Gasteiger partial charge in [0.05, 0.1) is 18.9 Å². The number of hydrogen-bond donors (Lipinski definition) is 0. The van der Waals surface area contributed by atoms with Crippen LogP contribution in [0.15, 0.2) is 84.8 Å². The maximum atomic E-state index is 12.0. The summed E-state index contributed by atoms with van der Waals surface area (Å²) in [5, 5.41) is 0. The normalized spacial score (nSPS) is 11.7. The Morgan fingerprint density at radius 2 is 1.31 bits per heavy atom. The van der Waals surface area contributed by atoms with Gasteiger partial charge in [0.15, 0.2) is 0 Å². The van der Waals surface area contributed by atoms with Crippen LogP contribution in [0.5, 0.6) is 0 Å². The largest absolute Gasteiger partial charge is 0.434 e. The van der Waals surface area contributed by atoms with Gasteiger partial charge in [0.2, 0.25) is 0 Å². The van der Waals surface area contributed by atoms with Gasteiger partial charge in [-0.2, -0.15) is 0 Å². The van der Waals surface area contributed by atoms with Crippen molar-refractivity contribution in [3.63, 3.8) is 0 Å². The minimum Gasteiger partial charge on any atom is -0.434 e. The van der Waals surface area contributed by atoms with Gasteiger partial charge in [-0.15, -0.1) is 0 Å². The molecule has 0 aromatic heterocycles. The molecule has 0 N–H and O–H groups in total. The van der Waals surface area contributed by atoms with Crippen molar-refractivity contribution in [2.24, 2.45) is 0 Å². The van der Waals surface area contributed by atoms with Crippen molar-refractivity contribution in [2.45, 2.75) is 13.3 Å². The SMILES string of the molecule is CC=C(CC(=O)OC=Cc1ccccc1)C(=O)OC=Cc1ccccc1. The zero-order valence-electron chi connectivity index (χ0n) is 14.5. The molecule has 0 saturated carbocycles. The highest BCUT2D eigenvalue weighted by atomic mass is 16.5. The number of carbonyl (C=O) groups is 2. The monoisotopic (exact) mass is 348 g/mol. The summed E-state index contributed by atoms with van der Waals surface area (Å²) >= 11 is 0. The molecule has 0 bridgehead atoms. The average Bonchev–Trinajstić information content (AvgIpc) is 2.67. The molecule has 0 aliphatic rings. The van der Waals surface area contributed by atoms with Gasteiger partial charge in [-0.05, 0) is 30.2 Å². The molecule has 0 saturated heterocycles. The van der Waals surface area contributed by atoms with Gasteiger partial charge < -0.3 is 9.47 Å². The minimum absolute atomic E-state index is 0.159. The third-order valence-electron chi connectivity index (χ3n) is 3.44. The molecule has 4 heteroatoms. The van der Waals surface area contributed by atoms with Crippen molar-refractivity contribution < 1.29 is 19.1 Å². The van der Waals surface area contributed by atoms with E-state index in [0.29, 0.717) is 0 Å². The molecule has 4 nitrogen and oxygen atoms in total. The lowest BCUT2D eigenvalue weighted by molar-refractivity contribution is -0.140.